The molecule has 3 atom stereocenters. The summed E-state index contributed by atoms with van der Waals surface area (Å²) < 4.78 is 11.9. The lowest BCUT2D eigenvalue weighted by Gasteiger charge is -2.39. The van der Waals surface area contributed by atoms with Crippen LogP contribution in [0.4, 0.5) is 4.79 Å². The molecule has 24 heavy (non-hydrogen) atoms. The minimum Gasteiger partial charge on any atom is -0.486 e. The maximum absolute atomic E-state index is 12.1. The van der Waals surface area contributed by atoms with Gasteiger partial charge in [0.2, 0.25) is 0 Å². The van der Waals surface area contributed by atoms with Crippen LogP contribution >= 0.6 is 0 Å². The van der Waals surface area contributed by atoms with Gasteiger partial charge in [-0.1, -0.05) is 12.1 Å². The summed E-state index contributed by atoms with van der Waals surface area (Å²) in [5.74, 6) is 1.66. The summed E-state index contributed by atoms with van der Waals surface area (Å²) in [6.45, 7) is 6.27. The van der Waals surface area contributed by atoms with Crippen molar-refractivity contribution in [2.75, 3.05) is 32.8 Å². The summed E-state index contributed by atoms with van der Waals surface area (Å²) in [7, 11) is 0. The number of likely N-dealkylation sites (tertiary alicyclic amines) is 1. The Kier molecular flexibility index (Phi) is 4.22. The molecule has 1 aromatic rings. The van der Waals surface area contributed by atoms with Crippen molar-refractivity contribution < 1.29 is 14.3 Å². The smallest absolute Gasteiger partial charge is 0.318 e. The number of fused-ring (bicyclic) bond motifs is 1. The molecule has 0 aliphatic carbocycles. The number of piperidine rings is 1. The van der Waals surface area contributed by atoms with Gasteiger partial charge in [0, 0.05) is 31.7 Å². The number of benzene rings is 1. The van der Waals surface area contributed by atoms with Gasteiger partial charge < -0.3 is 19.7 Å². The third-order valence-electron chi connectivity index (χ3n) is 5.05. The standard InChI is InChI=1S/C18H25N3O3/c1-13-9-21(18(22)19-13)14-5-4-8-20(10-14)11-15-12-23-16-6-2-3-7-17(16)24-15/h2-3,6-7,13-15H,4-5,8-12H2,1H3,(H,19,22)/t13?,14-,15-/m0/s1. The van der Waals surface area contributed by atoms with Crippen LogP contribution in [0.5, 0.6) is 11.5 Å². The normalized spacial score (nSPS) is 30.3. The Hall–Kier alpha value is -1.95. The first-order valence-corrected chi connectivity index (χ1v) is 8.87. The average molecular weight is 331 g/mol. The van der Waals surface area contributed by atoms with Gasteiger partial charge in [-0.3, -0.25) is 4.90 Å². The van der Waals surface area contributed by atoms with E-state index in [1.807, 2.05) is 29.2 Å². The number of hydrogen-bond donors (Lipinski definition) is 1. The van der Waals surface area contributed by atoms with E-state index in [9.17, 15) is 4.79 Å². The van der Waals surface area contributed by atoms with Crippen LogP contribution in [0.2, 0.25) is 0 Å². The van der Waals surface area contributed by atoms with Crippen LogP contribution in [-0.4, -0.2) is 66.8 Å². The molecule has 1 aromatic carbocycles. The van der Waals surface area contributed by atoms with E-state index in [1.54, 1.807) is 0 Å². The first-order chi connectivity index (χ1) is 11.7. The van der Waals surface area contributed by atoms with Crippen LogP contribution in [0.3, 0.4) is 0 Å². The van der Waals surface area contributed by atoms with Gasteiger partial charge in [-0.15, -0.1) is 0 Å². The van der Waals surface area contributed by atoms with E-state index in [4.69, 9.17) is 9.47 Å². The fourth-order valence-electron chi connectivity index (χ4n) is 3.92. The maximum atomic E-state index is 12.1. The summed E-state index contributed by atoms with van der Waals surface area (Å²) in [5.41, 5.74) is 0. The highest BCUT2D eigenvalue weighted by molar-refractivity contribution is 5.77. The number of amides is 2. The van der Waals surface area contributed by atoms with Crippen molar-refractivity contribution in [3.05, 3.63) is 24.3 Å². The quantitative estimate of drug-likeness (QED) is 0.916. The van der Waals surface area contributed by atoms with Gasteiger partial charge in [-0.05, 0) is 38.4 Å². The molecule has 3 heterocycles. The minimum absolute atomic E-state index is 0.0463. The van der Waals surface area contributed by atoms with Crippen LogP contribution in [0.25, 0.3) is 0 Å². The predicted octanol–water partition coefficient (Wildman–Crippen LogP) is 1.70. The summed E-state index contributed by atoms with van der Waals surface area (Å²) in [5, 5.41) is 3.00. The number of urea groups is 1. The summed E-state index contributed by atoms with van der Waals surface area (Å²) in [4.78, 5) is 16.5. The number of ether oxygens (including phenoxy) is 2. The second-order valence-electron chi connectivity index (χ2n) is 7.06. The lowest BCUT2D eigenvalue weighted by Crippen LogP contribution is -2.52. The molecule has 4 rings (SSSR count). The molecule has 130 valence electrons. The second kappa shape index (κ2) is 6.51. The lowest BCUT2D eigenvalue weighted by molar-refractivity contribution is 0.0402. The molecule has 0 aromatic heterocycles. The van der Waals surface area contributed by atoms with Gasteiger partial charge in [-0.25, -0.2) is 4.79 Å². The van der Waals surface area contributed by atoms with E-state index >= 15 is 0 Å². The van der Waals surface area contributed by atoms with Crippen molar-refractivity contribution >= 4 is 6.03 Å². The monoisotopic (exact) mass is 331 g/mol. The number of para-hydroxylation sites is 2. The zero-order valence-electron chi connectivity index (χ0n) is 14.1. The van der Waals surface area contributed by atoms with Crippen molar-refractivity contribution in [1.82, 2.24) is 15.1 Å². The van der Waals surface area contributed by atoms with E-state index in [0.717, 1.165) is 50.5 Å². The molecule has 0 saturated carbocycles. The van der Waals surface area contributed by atoms with Gasteiger partial charge in [0.1, 0.15) is 12.7 Å². The summed E-state index contributed by atoms with van der Waals surface area (Å²) >= 11 is 0. The molecule has 6 heteroatoms. The molecule has 0 radical (unpaired) electrons. The Morgan fingerprint density at radius 2 is 2.08 bits per heavy atom. The highest BCUT2D eigenvalue weighted by Gasteiger charge is 2.35. The Morgan fingerprint density at radius 3 is 2.88 bits per heavy atom. The van der Waals surface area contributed by atoms with Gasteiger partial charge in [-0.2, -0.15) is 0 Å². The molecule has 0 spiro atoms. The number of carbonyl (C=O) groups is 1. The highest BCUT2D eigenvalue weighted by Crippen LogP contribution is 2.31. The van der Waals surface area contributed by atoms with E-state index in [0.29, 0.717) is 12.6 Å². The van der Waals surface area contributed by atoms with E-state index in [1.165, 1.54) is 0 Å². The zero-order valence-corrected chi connectivity index (χ0v) is 14.1. The fourth-order valence-corrected chi connectivity index (χ4v) is 3.92. The molecule has 2 saturated heterocycles. The van der Waals surface area contributed by atoms with Crippen LogP contribution in [0.1, 0.15) is 19.8 Å². The Morgan fingerprint density at radius 1 is 1.25 bits per heavy atom. The molecule has 2 amide bonds. The van der Waals surface area contributed by atoms with Crippen molar-refractivity contribution in [3.8, 4) is 11.5 Å². The zero-order chi connectivity index (χ0) is 16.5. The van der Waals surface area contributed by atoms with Crippen molar-refractivity contribution in [3.63, 3.8) is 0 Å². The van der Waals surface area contributed by atoms with Gasteiger partial charge in [0.25, 0.3) is 0 Å². The molecular formula is C18H25N3O3. The molecule has 1 unspecified atom stereocenters. The number of rotatable bonds is 3. The topological polar surface area (TPSA) is 54.0 Å². The largest absolute Gasteiger partial charge is 0.486 e. The molecule has 6 nitrogen and oxygen atoms in total. The summed E-state index contributed by atoms with van der Waals surface area (Å²) in [6, 6.07) is 8.46. The molecular weight excluding hydrogens is 306 g/mol. The van der Waals surface area contributed by atoms with Gasteiger partial charge in [0.05, 0.1) is 0 Å². The van der Waals surface area contributed by atoms with E-state index in [2.05, 4.69) is 17.1 Å². The molecule has 1 N–H and O–H groups in total. The SMILES string of the molecule is CC1CN([C@H]2CCCN(C[C@H]3COc4ccccc4O3)C2)C(=O)N1. The lowest BCUT2D eigenvalue weighted by atomic mass is 10.0. The number of hydrogen-bond acceptors (Lipinski definition) is 4. The molecule has 3 aliphatic rings. The Bertz CT molecular complexity index is 609. The first-order valence-electron chi connectivity index (χ1n) is 8.87. The highest BCUT2D eigenvalue weighted by atomic mass is 16.6. The summed E-state index contributed by atoms with van der Waals surface area (Å²) in [6.07, 6.45) is 2.25. The molecule has 2 fully saturated rings. The van der Waals surface area contributed by atoms with Crippen molar-refractivity contribution in [2.24, 2.45) is 0 Å². The third kappa shape index (κ3) is 3.15. The van der Waals surface area contributed by atoms with Crippen LogP contribution in [-0.2, 0) is 0 Å². The number of nitrogens with zero attached hydrogens (tertiary/aromatic N) is 2. The first kappa shape index (κ1) is 15.6. The van der Waals surface area contributed by atoms with Crippen LogP contribution < -0.4 is 14.8 Å². The predicted molar refractivity (Wildman–Crippen MR) is 90.5 cm³/mol. The average Bonchev–Trinajstić information content (AvgIpc) is 2.93. The number of nitrogens with one attached hydrogen (secondary N) is 1. The Labute approximate surface area is 142 Å². The maximum Gasteiger partial charge on any atom is 0.318 e. The second-order valence-corrected chi connectivity index (χ2v) is 7.06. The minimum atomic E-state index is 0.0463. The Balaban J connectivity index is 1.35. The van der Waals surface area contributed by atoms with Crippen LogP contribution in [0, 0.1) is 0 Å². The van der Waals surface area contributed by atoms with Gasteiger partial charge in [0.15, 0.2) is 11.5 Å². The van der Waals surface area contributed by atoms with Crippen molar-refractivity contribution in [1.29, 1.82) is 0 Å². The van der Waals surface area contributed by atoms with Crippen molar-refractivity contribution in [2.45, 2.75) is 38.0 Å². The molecule has 3 aliphatic heterocycles. The number of carbonyl (C=O) groups excluding carboxylic acids is 1. The van der Waals surface area contributed by atoms with Gasteiger partial charge >= 0.3 is 6.03 Å². The van der Waals surface area contributed by atoms with Crippen LogP contribution in [0.15, 0.2) is 24.3 Å². The van der Waals surface area contributed by atoms with E-state index in [-0.39, 0.29) is 18.2 Å². The van der Waals surface area contributed by atoms with E-state index < -0.39 is 0 Å². The molecule has 0 bridgehead atoms. The third-order valence-corrected chi connectivity index (χ3v) is 5.05. The fraction of sp³-hybridized carbons (Fsp3) is 0.611.